The topological polar surface area (TPSA) is 0 Å². The molecule has 1 aliphatic rings. The van der Waals surface area contributed by atoms with Gasteiger partial charge in [-0.2, -0.15) is 0 Å². The number of rotatable bonds is 4. The van der Waals surface area contributed by atoms with E-state index in [1.807, 2.05) is 0 Å². The van der Waals surface area contributed by atoms with Crippen LogP contribution in [0.2, 0.25) is 0 Å². The summed E-state index contributed by atoms with van der Waals surface area (Å²) < 4.78 is 0. The second-order valence-electron chi connectivity index (χ2n) is 4.02. The van der Waals surface area contributed by atoms with Crippen molar-refractivity contribution in [2.75, 3.05) is 5.33 Å². The molecule has 12 heavy (non-hydrogen) atoms. The predicted molar refractivity (Wildman–Crippen MR) is 58.7 cm³/mol. The highest BCUT2D eigenvalue weighted by Crippen LogP contribution is 2.41. The molecule has 0 aromatic heterocycles. The van der Waals surface area contributed by atoms with Crippen LogP contribution in [0.15, 0.2) is 12.7 Å². The number of hydrogen-bond donors (Lipinski definition) is 0. The van der Waals surface area contributed by atoms with E-state index in [9.17, 15) is 0 Å². The maximum atomic E-state index is 3.80. The highest BCUT2D eigenvalue weighted by molar-refractivity contribution is 9.09. The van der Waals surface area contributed by atoms with E-state index in [-0.39, 0.29) is 0 Å². The van der Waals surface area contributed by atoms with Gasteiger partial charge in [-0.1, -0.05) is 41.3 Å². The first-order valence-corrected chi connectivity index (χ1v) is 6.12. The molecule has 0 aliphatic heterocycles. The molecule has 1 fully saturated rings. The Bertz CT molecular complexity index is 134. The summed E-state index contributed by atoms with van der Waals surface area (Å²) in [7, 11) is 0. The third-order valence-corrected chi connectivity index (χ3v) is 4.27. The molecule has 1 aliphatic carbocycles. The Balaban J connectivity index is 2.41. The lowest BCUT2D eigenvalue weighted by molar-refractivity contribution is 0.209. The smallest absolute Gasteiger partial charge is 0.00880 e. The van der Waals surface area contributed by atoms with E-state index >= 15 is 0 Å². The molecular weight excluding hydrogens is 212 g/mol. The average Bonchev–Trinajstić information content (AvgIpc) is 2.16. The fraction of sp³-hybridized carbons (Fsp3) is 0.818. The zero-order valence-electron chi connectivity index (χ0n) is 7.82. The monoisotopic (exact) mass is 230 g/mol. The first-order chi connectivity index (χ1) is 5.83. The molecule has 0 radical (unpaired) electrons. The highest BCUT2D eigenvalue weighted by Gasteiger charge is 2.29. The Morgan fingerprint density at radius 3 is 2.42 bits per heavy atom. The van der Waals surface area contributed by atoms with Crippen molar-refractivity contribution in [3.8, 4) is 0 Å². The average molecular weight is 231 g/mol. The molecule has 1 rings (SSSR count). The van der Waals surface area contributed by atoms with Crippen molar-refractivity contribution in [3.63, 3.8) is 0 Å². The zero-order valence-corrected chi connectivity index (χ0v) is 9.41. The molecule has 70 valence electrons. The van der Waals surface area contributed by atoms with Gasteiger partial charge in [0.25, 0.3) is 0 Å². The van der Waals surface area contributed by atoms with E-state index in [0.29, 0.717) is 5.41 Å². The number of halogens is 1. The Hall–Kier alpha value is 0.220. The van der Waals surface area contributed by atoms with Crippen molar-refractivity contribution in [2.45, 2.75) is 44.9 Å². The Labute approximate surface area is 84.6 Å². The van der Waals surface area contributed by atoms with E-state index in [1.165, 1.54) is 50.3 Å². The minimum atomic E-state index is 0.617. The van der Waals surface area contributed by atoms with Crippen LogP contribution in [0.25, 0.3) is 0 Å². The van der Waals surface area contributed by atoms with Crippen molar-refractivity contribution in [1.29, 1.82) is 0 Å². The van der Waals surface area contributed by atoms with Crippen LogP contribution >= 0.6 is 15.9 Å². The molecule has 0 atom stereocenters. The summed E-state index contributed by atoms with van der Waals surface area (Å²) in [5.41, 5.74) is 0.617. The lowest BCUT2D eigenvalue weighted by Crippen LogP contribution is -2.25. The molecule has 0 N–H and O–H groups in total. The zero-order chi connectivity index (χ0) is 8.86. The predicted octanol–water partition coefficient (Wildman–Crippen LogP) is 4.30. The van der Waals surface area contributed by atoms with Gasteiger partial charge in [0.2, 0.25) is 0 Å². The van der Waals surface area contributed by atoms with Gasteiger partial charge in [-0.25, -0.2) is 0 Å². The highest BCUT2D eigenvalue weighted by atomic mass is 79.9. The van der Waals surface area contributed by atoms with Crippen molar-refractivity contribution in [1.82, 2.24) is 0 Å². The Morgan fingerprint density at radius 1 is 1.25 bits per heavy atom. The van der Waals surface area contributed by atoms with Gasteiger partial charge in [-0.3, -0.25) is 0 Å². The van der Waals surface area contributed by atoms with Gasteiger partial charge in [0.05, 0.1) is 0 Å². The van der Waals surface area contributed by atoms with Gasteiger partial charge in [0.1, 0.15) is 0 Å². The second kappa shape index (κ2) is 5.06. The number of alkyl halides is 1. The van der Waals surface area contributed by atoms with Crippen molar-refractivity contribution < 1.29 is 0 Å². The molecule has 0 aromatic carbocycles. The van der Waals surface area contributed by atoms with Crippen LogP contribution in [0, 0.1) is 5.41 Å². The molecule has 1 heteroatoms. The maximum absolute atomic E-state index is 3.80. The molecule has 0 heterocycles. The lowest BCUT2D eigenvalue weighted by atomic mass is 9.73. The molecule has 0 amide bonds. The summed E-state index contributed by atoms with van der Waals surface area (Å²) in [5.74, 6) is 0. The van der Waals surface area contributed by atoms with Crippen LogP contribution in [0.1, 0.15) is 44.9 Å². The summed E-state index contributed by atoms with van der Waals surface area (Å²) in [6.07, 6.45) is 11.7. The molecular formula is C11H19Br. The van der Waals surface area contributed by atoms with Crippen LogP contribution in [-0.4, -0.2) is 5.33 Å². The number of hydrogen-bond acceptors (Lipinski definition) is 0. The quantitative estimate of drug-likeness (QED) is 0.500. The van der Waals surface area contributed by atoms with Crippen LogP contribution in [0.4, 0.5) is 0 Å². The van der Waals surface area contributed by atoms with E-state index in [2.05, 4.69) is 28.6 Å². The third kappa shape index (κ3) is 2.62. The normalized spacial score (nSPS) is 22.1. The van der Waals surface area contributed by atoms with Gasteiger partial charge in [0.15, 0.2) is 0 Å². The van der Waals surface area contributed by atoms with Crippen LogP contribution in [0.5, 0.6) is 0 Å². The summed E-state index contributed by atoms with van der Waals surface area (Å²) >= 11 is 3.66. The van der Waals surface area contributed by atoms with Crippen molar-refractivity contribution in [3.05, 3.63) is 12.7 Å². The molecule has 0 nitrogen and oxygen atoms in total. The van der Waals surface area contributed by atoms with Crippen molar-refractivity contribution in [2.24, 2.45) is 5.41 Å². The maximum Gasteiger partial charge on any atom is 0.00880 e. The fourth-order valence-corrected chi connectivity index (χ4v) is 3.00. The first-order valence-electron chi connectivity index (χ1n) is 5.00. The second-order valence-corrected chi connectivity index (χ2v) is 4.58. The van der Waals surface area contributed by atoms with Crippen LogP contribution in [-0.2, 0) is 0 Å². The standard InChI is InChI=1S/C11H19Br/c1-2-3-7-11(10-12)8-5-4-6-9-11/h2H,1,3-10H2. The Kier molecular flexibility index (Phi) is 4.34. The van der Waals surface area contributed by atoms with Crippen molar-refractivity contribution >= 4 is 15.9 Å². The van der Waals surface area contributed by atoms with E-state index < -0.39 is 0 Å². The first kappa shape index (κ1) is 10.3. The van der Waals surface area contributed by atoms with Gasteiger partial charge >= 0.3 is 0 Å². The minimum absolute atomic E-state index is 0.617. The molecule has 0 unspecified atom stereocenters. The largest absolute Gasteiger partial charge is 0.103 e. The molecule has 0 aromatic rings. The van der Waals surface area contributed by atoms with Gasteiger partial charge in [-0.15, -0.1) is 6.58 Å². The summed E-state index contributed by atoms with van der Waals surface area (Å²) in [4.78, 5) is 0. The van der Waals surface area contributed by atoms with E-state index in [0.717, 1.165) is 0 Å². The minimum Gasteiger partial charge on any atom is -0.103 e. The summed E-state index contributed by atoms with van der Waals surface area (Å²) in [5, 5.41) is 1.19. The Morgan fingerprint density at radius 2 is 1.92 bits per heavy atom. The third-order valence-electron chi connectivity index (χ3n) is 3.08. The fourth-order valence-electron chi connectivity index (χ4n) is 2.16. The van der Waals surface area contributed by atoms with Crippen LogP contribution in [0.3, 0.4) is 0 Å². The van der Waals surface area contributed by atoms with E-state index in [4.69, 9.17) is 0 Å². The summed E-state index contributed by atoms with van der Waals surface area (Å²) in [6.45, 7) is 3.80. The lowest BCUT2D eigenvalue weighted by Gasteiger charge is -2.35. The van der Waals surface area contributed by atoms with E-state index in [1.54, 1.807) is 0 Å². The van der Waals surface area contributed by atoms with Gasteiger partial charge in [-0.05, 0) is 31.1 Å². The molecule has 0 saturated heterocycles. The summed E-state index contributed by atoms with van der Waals surface area (Å²) in [6, 6.07) is 0. The number of allylic oxidation sites excluding steroid dienone is 1. The molecule has 0 spiro atoms. The molecule has 0 bridgehead atoms. The van der Waals surface area contributed by atoms with Gasteiger partial charge < -0.3 is 0 Å². The molecule has 1 saturated carbocycles. The van der Waals surface area contributed by atoms with Crippen LogP contribution < -0.4 is 0 Å². The SMILES string of the molecule is C=CCCC1(CBr)CCCCC1. The van der Waals surface area contributed by atoms with Gasteiger partial charge in [0, 0.05) is 5.33 Å².